The van der Waals surface area contributed by atoms with Crippen LogP contribution in [0.4, 0.5) is 0 Å². The molecule has 3 rings (SSSR count). The van der Waals surface area contributed by atoms with Crippen molar-refractivity contribution in [2.24, 2.45) is 4.99 Å². The van der Waals surface area contributed by atoms with E-state index in [1.54, 1.807) is 20.2 Å². The minimum absolute atomic E-state index is 0.503. The van der Waals surface area contributed by atoms with Gasteiger partial charge in [0.2, 0.25) is 5.89 Å². The Hall–Kier alpha value is -2.42. The zero-order valence-electron chi connectivity index (χ0n) is 13.4. The van der Waals surface area contributed by atoms with Crippen molar-refractivity contribution in [2.75, 3.05) is 33.2 Å². The Bertz CT molecular complexity index is 629. The largest absolute Gasteiger partial charge is 0.364 e. The van der Waals surface area contributed by atoms with Gasteiger partial charge in [-0.3, -0.25) is 9.89 Å². The second kappa shape index (κ2) is 7.23. The van der Waals surface area contributed by atoms with Gasteiger partial charge in [0, 0.05) is 52.8 Å². The predicted molar refractivity (Wildman–Crippen MR) is 82.6 cm³/mol. The molecule has 0 radical (unpaired) electrons. The van der Waals surface area contributed by atoms with Crippen molar-refractivity contribution in [2.45, 2.75) is 20.0 Å². The molecule has 0 saturated carbocycles. The maximum absolute atomic E-state index is 4.97. The van der Waals surface area contributed by atoms with Crippen LogP contribution in [0, 0.1) is 6.92 Å². The summed E-state index contributed by atoms with van der Waals surface area (Å²) in [6.07, 6.45) is 1.61. The normalized spacial score (nSPS) is 16.8. The Labute approximate surface area is 134 Å². The van der Waals surface area contributed by atoms with Gasteiger partial charge in [-0.1, -0.05) is 10.3 Å². The highest BCUT2D eigenvalue weighted by Gasteiger charge is 2.20. The standard InChI is InChI=1S/C14H21N7O2/c1-11-17-13(19-23-11)9-16-14(15-2)21-6-4-20(5-7-21)10-12-3-8-22-18-12/h3,8H,4-7,9-10H2,1-2H3,(H,15,16). The average Bonchev–Trinajstić information content (AvgIpc) is 3.21. The first-order chi connectivity index (χ1) is 11.2. The summed E-state index contributed by atoms with van der Waals surface area (Å²) in [6, 6.07) is 1.90. The molecule has 23 heavy (non-hydrogen) atoms. The summed E-state index contributed by atoms with van der Waals surface area (Å²) in [5.41, 5.74) is 0.966. The second-order valence-corrected chi connectivity index (χ2v) is 5.38. The lowest BCUT2D eigenvalue weighted by Gasteiger charge is -2.36. The first-order valence-electron chi connectivity index (χ1n) is 7.61. The molecule has 0 unspecified atom stereocenters. The number of piperazine rings is 1. The highest BCUT2D eigenvalue weighted by Crippen LogP contribution is 2.07. The first-order valence-corrected chi connectivity index (χ1v) is 7.61. The zero-order chi connectivity index (χ0) is 16.1. The fraction of sp³-hybridized carbons (Fsp3) is 0.571. The van der Waals surface area contributed by atoms with Gasteiger partial charge in [-0.2, -0.15) is 4.98 Å². The quantitative estimate of drug-likeness (QED) is 0.633. The molecule has 0 aromatic carbocycles. The van der Waals surface area contributed by atoms with Crippen LogP contribution in [0.15, 0.2) is 26.4 Å². The summed E-state index contributed by atoms with van der Waals surface area (Å²) >= 11 is 0. The Kier molecular flexibility index (Phi) is 4.86. The molecular formula is C14H21N7O2. The number of nitrogens with zero attached hydrogens (tertiary/aromatic N) is 6. The Balaban J connectivity index is 1.47. The highest BCUT2D eigenvalue weighted by atomic mass is 16.5. The minimum Gasteiger partial charge on any atom is -0.364 e. The van der Waals surface area contributed by atoms with E-state index in [0.29, 0.717) is 18.3 Å². The molecule has 0 spiro atoms. The van der Waals surface area contributed by atoms with Crippen molar-refractivity contribution in [3.63, 3.8) is 0 Å². The molecule has 9 nitrogen and oxygen atoms in total. The van der Waals surface area contributed by atoms with E-state index in [0.717, 1.165) is 44.4 Å². The molecule has 1 aliphatic rings. The van der Waals surface area contributed by atoms with Crippen LogP contribution in [-0.2, 0) is 13.1 Å². The summed E-state index contributed by atoms with van der Waals surface area (Å²) < 4.78 is 9.84. The molecule has 0 bridgehead atoms. The van der Waals surface area contributed by atoms with Gasteiger partial charge in [0.15, 0.2) is 11.8 Å². The van der Waals surface area contributed by atoms with Gasteiger partial charge in [0.1, 0.15) is 6.26 Å². The smallest absolute Gasteiger partial charge is 0.223 e. The SMILES string of the molecule is CN=C(NCc1noc(C)n1)N1CCN(Cc2ccon2)CC1. The predicted octanol–water partition coefficient (Wildman–Crippen LogP) is 0.259. The van der Waals surface area contributed by atoms with E-state index in [1.807, 2.05) is 6.07 Å². The van der Waals surface area contributed by atoms with Gasteiger partial charge in [-0.15, -0.1) is 0 Å². The number of hydrogen-bond acceptors (Lipinski definition) is 7. The zero-order valence-corrected chi connectivity index (χ0v) is 13.4. The lowest BCUT2D eigenvalue weighted by molar-refractivity contribution is 0.169. The van der Waals surface area contributed by atoms with Gasteiger partial charge in [-0.05, 0) is 0 Å². The molecular weight excluding hydrogens is 298 g/mol. The summed E-state index contributed by atoms with van der Waals surface area (Å²) in [5.74, 6) is 2.06. The van der Waals surface area contributed by atoms with E-state index < -0.39 is 0 Å². The monoisotopic (exact) mass is 319 g/mol. The van der Waals surface area contributed by atoms with Crippen LogP contribution in [0.1, 0.15) is 17.4 Å². The number of aliphatic imine (C=N–C) groups is 1. The molecule has 2 aromatic rings. The summed E-state index contributed by atoms with van der Waals surface area (Å²) in [7, 11) is 1.78. The third-order valence-corrected chi connectivity index (χ3v) is 3.73. The lowest BCUT2D eigenvalue weighted by atomic mass is 10.3. The molecule has 2 aromatic heterocycles. The average molecular weight is 319 g/mol. The van der Waals surface area contributed by atoms with Crippen molar-refractivity contribution in [3.8, 4) is 0 Å². The van der Waals surface area contributed by atoms with Crippen molar-refractivity contribution in [3.05, 3.63) is 29.7 Å². The summed E-state index contributed by atoms with van der Waals surface area (Å²) in [4.78, 5) is 13.1. The third-order valence-electron chi connectivity index (χ3n) is 3.73. The molecule has 0 aliphatic carbocycles. The van der Waals surface area contributed by atoms with Crippen LogP contribution >= 0.6 is 0 Å². The number of guanidine groups is 1. The fourth-order valence-corrected chi connectivity index (χ4v) is 2.57. The maximum atomic E-state index is 4.97. The number of aromatic nitrogens is 3. The van der Waals surface area contributed by atoms with Crippen molar-refractivity contribution < 1.29 is 9.05 Å². The molecule has 0 amide bonds. The molecule has 9 heteroatoms. The number of nitrogens with one attached hydrogen (secondary N) is 1. The van der Waals surface area contributed by atoms with Crippen molar-refractivity contribution in [1.29, 1.82) is 0 Å². The molecule has 1 aliphatic heterocycles. The Morgan fingerprint density at radius 2 is 2.13 bits per heavy atom. The molecule has 1 saturated heterocycles. The second-order valence-electron chi connectivity index (χ2n) is 5.38. The number of hydrogen-bond donors (Lipinski definition) is 1. The third kappa shape index (κ3) is 4.07. The molecule has 1 fully saturated rings. The van der Waals surface area contributed by atoms with Gasteiger partial charge in [-0.25, -0.2) is 0 Å². The van der Waals surface area contributed by atoms with E-state index in [9.17, 15) is 0 Å². The Morgan fingerprint density at radius 1 is 1.30 bits per heavy atom. The molecule has 1 N–H and O–H groups in total. The number of rotatable bonds is 4. The van der Waals surface area contributed by atoms with Gasteiger partial charge >= 0.3 is 0 Å². The van der Waals surface area contributed by atoms with E-state index in [4.69, 9.17) is 9.05 Å². The number of aryl methyl sites for hydroxylation is 1. The maximum Gasteiger partial charge on any atom is 0.223 e. The van der Waals surface area contributed by atoms with Crippen molar-refractivity contribution in [1.82, 2.24) is 30.4 Å². The van der Waals surface area contributed by atoms with Crippen LogP contribution in [0.25, 0.3) is 0 Å². The van der Waals surface area contributed by atoms with Crippen molar-refractivity contribution >= 4 is 5.96 Å². The van der Waals surface area contributed by atoms with E-state index >= 15 is 0 Å². The minimum atomic E-state index is 0.503. The lowest BCUT2D eigenvalue weighted by Crippen LogP contribution is -2.52. The summed E-state index contributed by atoms with van der Waals surface area (Å²) in [5, 5.41) is 11.1. The molecule has 124 valence electrons. The Morgan fingerprint density at radius 3 is 2.74 bits per heavy atom. The van der Waals surface area contributed by atoms with Crippen LogP contribution in [-0.4, -0.2) is 64.3 Å². The highest BCUT2D eigenvalue weighted by molar-refractivity contribution is 5.79. The fourth-order valence-electron chi connectivity index (χ4n) is 2.57. The van der Waals surface area contributed by atoms with E-state index in [1.165, 1.54) is 0 Å². The van der Waals surface area contributed by atoms with Crippen LogP contribution < -0.4 is 5.32 Å². The van der Waals surface area contributed by atoms with E-state index in [2.05, 4.69) is 35.4 Å². The molecule has 3 heterocycles. The first kappa shape index (κ1) is 15.5. The summed E-state index contributed by atoms with van der Waals surface area (Å²) in [6.45, 7) is 6.82. The molecule has 0 atom stereocenters. The van der Waals surface area contributed by atoms with Gasteiger partial charge < -0.3 is 19.3 Å². The van der Waals surface area contributed by atoms with Gasteiger partial charge in [0.25, 0.3) is 0 Å². The van der Waals surface area contributed by atoms with Crippen LogP contribution in [0.3, 0.4) is 0 Å². The van der Waals surface area contributed by atoms with E-state index in [-0.39, 0.29) is 0 Å². The van der Waals surface area contributed by atoms with Crippen LogP contribution in [0.2, 0.25) is 0 Å². The topological polar surface area (TPSA) is 95.8 Å². The van der Waals surface area contributed by atoms with Crippen LogP contribution in [0.5, 0.6) is 0 Å². The van der Waals surface area contributed by atoms with Gasteiger partial charge in [0.05, 0.1) is 12.2 Å².